The highest BCUT2D eigenvalue weighted by Gasteiger charge is 2.08. The first kappa shape index (κ1) is 20.5. The van der Waals surface area contributed by atoms with Crippen molar-refractivity contribution in [2.45, 2.75) is 98.8 Å². The molecule has 126 valence electrons. The molecular weight excluding hydrogens is 260 g/mol. The summed E-state index contributed by atoms with van der Waals surface area (Å²) in [6.07, 6.45) is 11.3. The fraction of sp³-hybridized carbons (Fsp3) is 0.947. The van der Waals surface area contributed by atoms with Crippen LogP contribution in [0.25, 0.3) is 0 Å². The molecule has 2 nitrogen and oxygen atoms in total. The van der Waals surface area contributed by atoms with Crippen LogP contribution in [0.5, 0.6) is 0 Å². The Morgan fingerprint density at radius 1 is 0.905 bits per heavy atom. The predicted molar refractivity (Wildman–Crippen MR) is 91.4 cm³/mol. The van der Waals surface area contributed by atoms with Crippen LogP contribution in [0.2, 0.25) is 0 Å². The van der Waals surface area contributed by atoms with Crippen LogP contribution in [0.15, 0.2) is 0 Å². The summed E-state index contributed by atoms with van der Waals surface area (Å²) in [6.45, 7) is 12.0. The zero-order chi connectivity index (χ0) is 16.1. The molecule has 0 heterocycles. The SMILES string of the molecule is CC(C)CCCCCC(=O)OCCCCCCC(C)(C)C. The number of carbonyl (C=O) groups excluding carboxylic acids is 1. The van der Waals surface area contributed by atoms with Gasteiger partial charge in [-0.05, 0) is 30.6 Å². The summed E-state index contributed by atoms with van der Waals surface area (Å²) in [5.41, 5.74) is 0.446. The number of hydrogen-bond acceptors (Lipinski definition) is 2. The van der Waals surface area contributed by atoms with Gasteiger partial charge < -0.3 is 4.74 Å². The van der Waals surface area contributed by atoms with Crippen molar-refractivity contribution < 1.29 is 9.53 Å². The van der Waals surface area contributed by atoms with E-state index < -0.39 is 0 Å². The Kier molecular flexibility index (Phi) is 11.8. The van der Waals surface area contributed by atoms with E-state index in [2.05, 4.69) is 34.6 Å². The monoisotopic (exact) mass is 298 g/mol. The quantitative estimate of drug-likeness (QED) is 0.320. The topological polar surface area (TPSA) is 26.3 Å². The van der Waals surface area contributed by atoms with E-state index in [0.29, 0.717) is 18.4 Å². The number of ether oxygens (including phenoxy) is 1. The lowest BCUT2D eigenvalue weighted by atomic mass is 9.89. The molecule has 0 bridgehead atoms. The lowest BCUT2D eigenvalue weighted by Gasteiger charge is -2.17. The summed E-state index contributed by atoms with van der Waals surface area (Å²) in [6, 6.07) is 0. The van der Waals surface area contributed by atoms with Crippen molar-refractivity contribution in [3.05, 3.63) is 0 Å². The Hall–Kier alpha value is -0.530. The number of hydrogen-bond donors (Lipinski definition) is 0. The van der Waals surface area contributed by atoms with E-state index in [1.807, 2.05) is 0 Å². The molecule has 0 aliphatic heterocycles. The summed E-state index contributed by atoms with van der Waals surface area (Å²) in [7, 11) is 0. The fourth-order valence-electron chi connectivity index (χ4n) is 2.37. The van der Waals surface area contributed by atoms with Crippen molar-refractivity contribution in [2.24, 2.45) is 11.3 Å². The molecule has 2 heteroatoms. The van der Waals surface area contributed by atoms with Crippen LogP contribution in [0.1, 0.15) is 98.8 Å². The van der Waals surface area contributed by atoms with Crippen LogP contribution in [-0.4, -0.2) is 12.6 Å². The molecule has 21 heavy (non-hydrogen) atoms. The Bertz CT molecular complexity index is 251. The Morgan fingerprint density at radius 3 is 2.14 bits per heavy atom. The van der Waals surface area contributed by atoms with Gasteiger partial charge >= 0.3 is 5.97 Å². The lowest BCUT2D eigenvalue weighted by Crippen LogP contribution is -2.06. The van der Waals surface area contributed by atoms with Gasteiger partial charge in [0.25, 0.3) is 0 Å². The largest absolute Gasteiger partial charge is 0.466 e. The molecule has 0 aromatic carbocycles. The first-order valence-electron chi connectivity index (χ1n) is 8.97. The molecule has 0 saturated carbocycles. The molecule has 0 N–H and O–H groups in total. The summed E-state index contributed by atoms with van der Waals surface area (Å²) in [5, 5.41) is 0. The summed E-state index contributed by atoms with van der Waals surface area (Å²) < 4.78 is 5.28. The maximum atomic E-state index is 11.5. The molecule has 0 unspecified atom stereocenters. The smallest absolute Gasteiger partial charge is 0.305 e. The molecule has 0 saturated heterocycles. The molecule has 0 aliphatic rings. The van der Waals surface area contributed by atoms with Crippen LogP contribution in [0.4, 0.5) is 0 Å². The van der Waals surface area contributed by atoms with Crippen molar-refractivity contribution in [1.29, 1.82) is 0 Å². The summed E-state index contributed by atoms with van der Waals surface area (Å²) in [5.74, 6) is 0.768. The van der Waals surface area contributed by atoms with E-state index in [9.17, 15) is 4.79 Å². The average Bonchev–Trinajstić information content (AvgIpc) is 2.35. The maximum absolute atomic E-state index is 11.5. The van der Waals surface area contributed by atoms with Crippen LogP contribution in [-0.2, 0) is 9.53 Å². The molecule has 0 rings (SSSR count). The Balaban J connectivity index is 3.27. The van der Waals surface area contributed by atoms with Gasteiger partial charge in [0.05, 0.1) is 6.61 Å². The molecule has 0 spiro atoms. The molecule has 0 aliphatic carbocycles. The van der Waals surface area contributed by atoms with Gasteiger partial charge in [-0.1, -0.05) is 73.1 Å². The lowest BCUT2D eigenvalue weighted by molar-refractivity contribution is -0.143. The van der Waals surface area contributed by atoms with Gasteiger partial charge in [-0.15, -0.1) is 0 Å². The van der Waals surface area contributed by atoms with Crippen molar-refractivity contribution in [2.75, 3.05) is 6.61 Å². The van der Waals surface area contributed by atoms with Crippen LogP contribution < -0.4 is 0 Å². The van der Waals surface area contributed by atoms with E-state index in [0.717, 1.165) is 25.2 Å². The predicted octanol–water partition coefficient (Wildman–Crippen LogP) is 6.13. The molecule has 0 aromatic heterocycles. The highest BCUT2D eigenvalue weighted by Crippen LogP contribution is 2.22. The van der Waals surface area contributed by atoms with Gasteiger partial charge in [-0.2, -0.15) is 0 Å². The van der Waals surface area contributed by atoms with Crippen molar-refractivity contribution in [1.82, 2.24) is 0 Å². The highest BCUT2D eigenvalue weighted by molar-refractivity contribution is 5.69. The third-order valence-electron chi connectivity index (χ3n) is 3.75. The van der Waals surface area contributed by atoms with Crippen LogP contribution in [0.3, 0.4) is 0 Å². The number of unbranched alkanes of at least 4 members (excludes halogenated alkanes) is 5. The second-order valence-electron chi connectivity index (χ2n) is 7.94. The van der Waals surface area contributed by atoms with Gasteiger partial charge in [-0.25, -0.2) is 0 Å². The Labute approximate surface area is 133 Å². The minimum atomic E-state index is -0.00533. The fourth-order valence-corrected chi connectivity index (χ4v) is 2.37. The zero-order valence-corrected chi connectivity index (χ0v) is 15.2. The number of carbonyl (C=O) groups is 1. The zero-order valence-electron chi connectivity index (χ0n) is 15.2. The third-order valence-corrected chi connectivity index (χ3v) is 3.75. The molecule has 0 aromatic rings. The maximum Gasteiger partial charge on any atom is 0.305 e. The first-order valence-corrected chi connectivity index (χ1v) is 8.97. The van der Waals surface area contributed by atoms with E-state index >= 15 is 0 Å². The standard InChI is InChI=1S/C19H38O2/c1-17(2)13-9-8-10-14-18(20)21-16-12-7-6-11-15-19(3,4)5/h17H,6-16H2,1-5H3. The van der Waals surface area contributed by atoms with E-state index in [-0.39, 0.29) is 5.97 Å². The second-order valence-corrected chi connectivity index (χ2v) is 7.94. The number of esters is 1. The van der Waals surface area contributed by atoms with E-state index in [1.54, 1.807) is 0 Å². The number of rotatable bonds is 12. The average molecular weight is 299 g/mol. The summed E-state index contributed by atoms with van der Waals surface area (Å²) in [4.78, 5) is 11.5. The Morgan fingerprint density at radius 2 is 1.52 bits per heavy atom. The normalized spacial score (nSPS) is 11.9. The van der Waals surface area contributed by atoms with Crippen LogP contribution in [0, 0.1) is 11.3 Å². The molecule has 0 radical (unpaired) electrons. The minimum Gasteiger partial charge on any atom is -0.466 e. The van der Waals surface area contributed by atoms with Crippen molar-refractivity contribution >= 4 is 5.97 Å². The van der Waals surface area contributed by atoms with Crippen molar-refractivity contribution in [3.8, 4) is 0 Å². The third kappa shape index (κ3) is 17.4. The minimum absolute atomic E-state index is 0.00533. The van der Waals surface area contributed by atoms with Crippen molar-refractivity contribution in [3.63, 3.8) is 0 Å². The van der Waals surface area contributed by atoms with Gasteiger partial charge in [0.1, 0.15) is 0 Å². The van der Waals surface area contributed by atoms with E-state index in [1.165, 1.54) is 38.5 Å². The summed E-state index contributed by atoms with van der Waals surface area (Å²) >= 11 is 0. The first-order chi connectivity index (χ1) is 9.81. The molecule has 0 atom stereocenters. The van der Waals surface area contributed by atoms with Gasteiger partial charge in [0, 0.05) is 6.42 Å². The second kappa shape index (κ2) is 12.1. The van der Waals surface area contributed by atoms with E-state index in [4.69, 9.17) is 4.74 Å². The van der Waals surface area contributed by atoms with Crippen LogP contribution >= 0.6 is 0 Å². The van der Waals surface area contributed by atoms with Gasteiger partial charge in [-0.3, -0.25) is 4.79 Å². The highest BCUT2D eigenvalue weighted by atomic mass is 16.5. The van der Waals surface area contributed by atoms with Gasteiger partial charge in [0.15, 0.2) is 0 Å². The molecule has 0 amide bonds. The molecular formula is C19H38O2. The van der Waals surface area contributed by atoms with Gasteiger partial charge in [0.2, 0.25) is 0 Å². The molecule has 0 fully saturated rings.